The largest absolute Gasteiger partial charge is 0.378 e. The van der Waals surface area contributed by atoms with Gasteiger partial charge in [-0.15, -0.1) is 0 Å². The van der Waals surface area contributed by atoms with Gasteiger partial charge in [0.15, 0.2) is 0 Å². The Balaban J connectivity index is 2.01. The van der Waals surface area contributed by atoms with Gasteiger partial charge in [0.05, 0.1) is 12.3 Å². The zero-order valence-corrected chi connectivity index (χ0v) is 19.6. The number of methoxy groups -OCH3 is 1. The van der Waals surface area contributed by atoms with E-state index in [4.69, 9.17) is 14.7 Å². The molecule has 0 unspecified atom stereocenters. The van der Waals surface area contributed by atoms with E-state index in [1.165, 1.54) is 11.1 Å². The van der Waals surface area contributed by atoms with Crippen molar-refractivity contribution >= 4 is 11.7 Å². The summed E-state index contributed by atoms with van der Waals surface area (Å²) in [5.41, 5.74) is 4.60. The van der Waals surface area contributed by atoms with Crippen LogP contribution in [0.25, 0.3) is 0 Å². The van der Waals surface area contributed by atoms with Gasteiger partial charge in [-0.05, 0) is 18.9 Å². The van der Waals surface area contributed by atoms with Crippen molar-refractivity contribution in [2.45, 2.75) is 59.5 Å². The quantitative estimate of drug-likeness (QED) is 0.639. The first-order valence-corrected chi connectivity index (χ1v) is 11.4. The highest BCUT2D eigenvalue weighted by molar-refractivity contribution is 5.76. The monoisotopic (exact) mass is 424 g/mol. The zero-order valence-electron chi connectivity index (χ0n) is 19.6. The van der Waals surface area contributed by atoms with E-state index >= 15 is 0 Å². The molecule has 1 aromatic heterocycles. The summed E-state index contributed by atoms with van der Waals surface area (Å²) in [7, 11) is 1.72. The third-order valence-electron chi connectivity index (χ3n) is 6.12. The third kappa shape index (κ3) is 5.62. The Morgan fingerprint density at radius 3 is 2.52 bits per heavy atom. The number of aromatic nitrogens is 2. The second kappa shape index (κ2) is 10.7. The second-order valence-corrected chi connectivity index (χ2v) is 8.46. The highest BCUT2D eigenvalue weighted by Gasteiger charge is 2.26. The maximum atomic E-state index is 12.1. The van der Waals surface area contributed by atoms with E-state index in [2.05, 4.69) is 49.9 Å². The highest BCUT2D eigenvalue weighted by Crippen LogP contribution is 2.29. The van der Waals surface area contributed by atoms with E-state index in [-0.39, 0.29) is 11.8 Å². The van der Waals surface area contributed by atoms with Crippen LogP contribution in [0.3, 0.4) is 0 Å². The molecule has 0 N–H and O–H groups in total. The minimum Gasteiger partial charge on any atom is -0.378 e. The first-order chi connectivity index (χ1) is 15.0. The smallest absolute Gasteiger partial charge is 0.222 e. The summed E-state index contributed by atoms with van der Waals surface area (Å²) in [6, 6.07) is 8.60. The average molecular weight is 425 g/mol. The molecule has 0 aliphatic carbocycles. The maximum absolute atomic E-state index is 12.1. The van der Waals surface area contributed by atoms with E-state index in [9.17, 15) is 4.79 Å². The Morgan fingerprint density at radius 2 is 1.90 bits per heavy atom. The Hall–Kier alpha value is -2.47. The molecule has 1 fully saturated rings. The number of piperazine rings is 1. The van der Waals surface area contributed by atoms with Gasteiger partial charge in [-0.1, -0.05) is 50.6 Å². The van der Waals surface area contributed by atoms with E-state index in [0.29, 0.717) is 13.0 Å². The average Bonchev–Trinajstić information content (AvgIpc) is 2.79. The van der Waals surface area contributed by atoms with Crippen molar-refractivity contribution in [3.8, 4) is 0 Å². The topological polar surface area (TPSA) is 58.6 Å². The Kier molecular flexibility index (Phi) is 8.02. The van der Waals surface area contributed by atoms with Crippen molar-refractivity contribution in [1.29, 1.82) is 0 Å². The standard InChI is InChI=1S/C25H36N4O2/c1-6-19(4)24-26-22(17-31-5)21(16-20-10-8-9-18(3)15-20)25(27-24)29-13-11-28(12-14-29)23(30)7-2/h8-10,15,19H,6-7,11-14,16-17H2,1-5H3/t19-/m1/s1. The molecule has 0 bridgehead atoms. The number of benzene rings is 1. The number of hydrogen-bond donors (Lipinski definition) is 0. The molecule has 168 valence electrons. The number of rotatable bonds is 8. The zero-order chi connectivity index (χ0) is 22.4. The van der Waals surface area contributed by atoms with Crippen LogP contribution in [0.2, 0.25) is 0 Å². The molecule has 1 aliphatic heterocycles. The van der Waals surface area contributed by atoms with Crippen molar-refractivity contribution in [3.63, 3.8) is 0 Å². The summed E-state index contributed by atoms with van der Waals surface area (Å²) in [5.74, 6) is 2.39. The van der Waals surface area contributed by atoms with Gasteiger partial charge in [-0.2, -0.15) is 0 Å². The second-order valence-electron chi connectivity index (χ2n) is 8.46. The van der Waals surface area contributed by atoms with Crippen LogP contribution in [0, 0.1) is 6.92 Å². The molecule has 2 aromatic rings. The van der Waals surface area contributed by atoms with Crippen LogP contribution < -0.4 is 4.90 Å². The van der Waals surface area contributed by atoms with Crippen LogP contribution in [0.15, 0.2) is 24.3 Å². The van der Waals surface area contributed by atoms with Gasteiger partial charge in [0.1, 0.15) is 11.6 Å². The number of hydrogen-bond acceptors (Lipinski definition) is 5. The van der Waals surface area contributed by atoms with Crippen LogP contribution in [0.1, 0.15) is 67.7 Å². The van der Waals surface area contributed by atoms with E-state index in [1.807, 2.05) is 11.8 Å². The molecule has 1 aromatic carbocycles. The predicted octanol–water partition coefficient (Wildman–Crippen LogP) is 4.09. The van der Waals surface area contributed by atoms with Crippen LogP contribution in [-0.4, -0.2) is 54.1 Å². The summed E-state index contributed by atoms with van der Waals surface area (Å²) in [6.45, 7) is 11.9. The fourth-order valence-corrected chi connectivity index (χ4v) is 4.06. The number of nitrogens with zero attached hydrogens (tertiary/aromatic N) is 4. The lowest BCUT2D eigenvalue weighted by Gasteiger charge is -2.36. The minimum atomic E-state index is 0.225. The highest BCUT2D eigenvalue weighted by atomic mass is 16.5. The van der Waals surface area contributed by atoms with Crippen molar-refractivity contribution in [1.82, 2.24) is 14.9 Å². The van der Waals surface area contributed by atoms with E-state index < -0.39 is 0 Å². The molecular formula is C25H36N4O2. The summed E-state index contributed by atoms with van der Waals surface area (Å²) in [5, 5.41) is 0. The molecule has 1 amide bonds. The van der Waals surface area contributed by atoms with Crippen LogP contribution in [0.5, 0.6) is 0 Å². The fourth-order valence-electron chi connectivity index (χ4n) is 4.06. The van der Waals surface area contributed by atoms with Gasteiger partial charge in [0.2, 0.25) is 5.91 Å². The number of carbonyl (C=O) groups is 1. The van der Waals surface area contributed by atoms with Crippen molar-refractivity contribution in [3.05, 3.63) is 52.5 Å². The van der Waals surface area contributed by atoms with Crippen molar-refractivity contribution < 1.29 is 9.53 Å². The lowest BCUT2D eigenvalue weighted by atomic mass is 10.0. The van der Waals surface area contributed by atoms with Crippen molar-refractivity contribution in [2.24, 2.45) is 0 Å². The molecule has 6 heteroatoms. The van der Waals surface area contributed by atoms with E-state index in [0.717, 1.165) is 61.9 Å². The predicted molar refractivity (Wildman–Crippen MR) is 125 cm³/mol. The molecule has 31 heavy (non-hydrogen) atoms. The van der Waals surface area contributed by atoms with Gasteiger partial charge in [-0.25, -0.2) is 9.97 Å². The minimum absolute atomic E-state index is 0.225. The van der Waals surface area contributed by atoms with Gasteiger partial charge in [0, 0.05) is 57.6 Å². The fraction of sp³-hybridized carbons (Fsp3) is 0.560. The number of anilines is 1. The van der Waals surface area contributed by atoms with Gasteiger partial charge in [0.25, 0.3) is 0 Å². The number of carbonyl (C=O) groups excluding carboxylic acids is 1. The lowest BCUT2D eigenvalue weighted by molar-refractivity contribution is -0.131. The number of amides is 1. The third-order valence-corrected chi connectivity index (χ3v) is 6.12. The first kappa shape index (κ1) is 23.2. The van der Waals surface area contributed by atoms with E-state index in [1.54, 1.807) is 7.11 Å². The Morgan fingerprint density at radius 1 is 1.16 bits per heavy atom. The normalized spacial score (nSPS) is 15.3. The summed E-state index contributed by atoms with van der Waals surface area (Å²) in [6.07, 6.45) is 2.31. The Bertz CT molecular complexity index is 891. The number of aryl methyl sites for hydroxylation is 1. The molecule has 1 saturated heterocycles. The summed E-state index contributed by atoms with van der Waals surface area (Å²) in [4.78, 5) is 26.4. The SMILES string of the molecule is CCC(=O)N1CCN(c2nc([C@H](C)CC)nc(COC)c2Cc2cccc(C)c2)CC1. The maximum Gasteiger partial charge on any atom is 0.222 e. The van der Waals surface area contributed by atoms with Crippen LogP contribution in [0.4, 0.5) is 5.82 Å². The number of ether oxygens (including phenoxy) is 1. The Labute approximate surface area is 186 Å². The van der Waals surface area contributed by atoms with Gasteiger partial charge < -0.3 is 14.5 Å². The molecule has 1 atom stereocenters. The molecule has 1 aliphatic rings. The lowest BCUT2D eigenvalue weighted by Crippen LogP contribution is -2.49. The molecule has 0 radical (unpaired) electrons. The molecule has 6 nitrogen and oxygen atoms in total. The van der Waals surface area contributed by atoms with Crippen molar-refractivity contribution in [2.75, 3.05) is 38.2 Å². The molecule has 3 rings (SSSR count). The van der Waals surface area contributed by atoms with Crippen LogP contribution >= 0.6 is 0 Å². The van der Waals surface area contributed by atoms with Gasteiger partial charge >= 0.3 is 0 Å². The van der Waals surface area contributed by atoms with Crippen LogP contribution in [-0.2, 0) is 22.6 Å². The molecular weight excluding hydrogens is 388 g/mol. The summed E-state index contributed by atoms with van der Waals surface area (Å²) < 4.78 is 5.54. The summed E-state index contributed by atoms with van der Waals surface area (Å²) >= 11 is 0. The molecule has 2 heterocycles. The molecule has 0 spiro atoms. The van der Waals surface area contributed by atoms with Gasteiger partial charge in [-0.3, -0.25) is 4.79 Å². The molecule has 0 saturated carbocycles. The first-order valence-electron chi connectivity index (χ1n) is 11.4.